The molecule has 8 nitrogen and oxygen atoms in total. The molecule has 182 valence electrons. The van der Waals surface area contributed by atoms with Gasteiger partial charge in [-0.05, 0) is 31.4 Å². The first kappa shape index (κ1) is 25.2. The van der Waals surface area contributed by atoms with Gasteiger partial charge in [0.25, 0.3) is 0 Å². The van der Waals surface area contributed by atoms with E-state index in [0.717, 1.165) is 24.1 Å². The van der Waals surface area contributed by atoms with Crippen LogP contribution < -0.4 is 0 Å². The molecule has 0 bridgehead atoms. The zero-order valence-electron chi connectivity index (χ0n) is 17.8. The van der Waals surface area contributed by atoms with Gasteiger partial charge in [-0.15, -0.1) is 0 Å². The standard InChI is InChI=1S/C21H24F3NO7S/c1-31-20(28)16-10-14(33(29,30)18-5-3-2-4-15(18)21(22,23)24)12-25(16)19(27)11-17(26)13-6-8-32-9-7-13/h2-5,13-14,16H,6-12H2,1H3/t14-,16+/m1/s1. The molecule has 2 aliphatic rings. The lowest BCUT2D eigenvalue weighted by atomic mass is 9.93. The normalized spacial score (nSPS) is 22.2. The fraction of sp³-hybridized carbons (Fsp3) is 0.571. The van der Waals surface area contributed by atoms with E-state index in [1.54, 1.807) is 0 Å². The Bertz CT molecular complexity index is 1020. The highest BCUT2D eigenvalue weighted by molar-refractivity contribution is 7.92. The zero-order chi connectivity index (χ0) is 24.4. The lowest BCUT2D eigenvalue weighted by molar-refractivity contribution is -0.152. The van der Waals surface area contributed by atoms with Gasteiger partial charge in [-0.3, -0.25) is 9.59 Å². The highest BCUT2D eigenvalue weighted by Gasteiger charge is 2.48. The first-order valence-electron chi connectivity index (χ1n) is 10.3. The van der Waals surface area contributed by atoms with Gasteiger partial charge in [0.1, 0.15) is 11.8 Å². The fourth-order valence-corrected chi connectivity index (χ4v) is 6.11. The van der Waals surface area contributed by atoms with Crippen molar-refractivity contribution in [1.29, 1.82) is 0 Å². The lowest BCUT2D eigenvalue weighted by Crippen LogP contribution is -2.42. The molecule has 0 spiro atoms. The molecular weight excluding hydrogens is 467 g/mol. The molecule has 0 unspecified atom stereocenters. The minimum Gasteiger partial charge on any atom is -0.467 e. The first-order chi connectivity index (χ1) is 15.5. The second-order valence-corrected chi connectivity index (χ2v) is 10.2. The topological polar surface area (TPSA) is 107 Å². The predicted octanol–water partition coefficient (Wildman–Crippen LogP) is 2.01. The maximum atomic E-state index is 13.4. The smallest absolute Gasteiger partial charge is 0.417 e. The van der Waals surface area contributed by atoms with E-state index in [4.69, 9.17) is 4.74 Å². The molecule has 33 heavy (non-hydrogen) atoms. The third-order valence-corrected chi connectivity index (χ3v) is 8.18. The number of ketones is 1. The maximum Gasteiger partial charge on any atom is 0.417 e. The number of halogens is 3. The van der Waals surface area contributed by atoms with Gasteiger partial charge in [0.15, 0.2) is 9.84 Å². The minimum atomic E-state index is -4.91. The summed E-state index contributed by atoms with van der Waals surface area (Å²) in [5.41, 5.74) is -1.32. The van der Waals surface area contributed by atoms with Crippen molar-refractivity contribution in [3.05, 3.63) is 29.8 Å². The van der Waals surface area contributed by atoms with E-state index in [-0.39, 0.29) is 11.7 Å². The van der Waals surface area contributed by atoms with Crippen molar-refractivity contribution in [3.63, 3.8) is 0 Å². The van der Waals surface area contributed by atoms with Crippen LogP contribution in [0.2, 0.25) is 0 Å². The molecule has 2 saturated heterocycles. The van der Waals surface area contributed by atoms with Gasteiger partial charge in [-0.2, -0.15) is 13.2 Å². The van der Waals surface area contributed by atoms with Gasteiger partial charge in [0, 0.05) is 25.7 Å². The van der Waals surface area contributed by atoms with Crippen LogP contribution in [0, 0.1) is 5.92 Å². The number of amides is 1. The molecule has 1 amide bonds. The number of esters is 1. The largest absolute Gasteiger partial charge is 0.467 e. The van der Waals surface area contributed by atoms with Gasteiger partial charge in [0.05, 0.1) is 29.2 Å². The molecular formula is C21H24F3NO7S. The Kier molecular flexibility index (Phi) is 7.47. The Morgan fingerprint density at radius 1 is 1.15 bits per heavy atom. The molecule has 2 aliphatic heterocycles. The number of methoxy groups -OCH3 is 1. The second-order valence-electron chi connectivity index (χ2n) is 8.01. The second kappa shape index (κ2) is 9.80. The fourth-order valence-electron chi connectivity index (χ4n) is 4.20. The van der Waals surface area contributed by atoms with Crippen molar-refractivity contribution in [3.8, 4) is 0 Å². The van der Waals surface area contributed by atoms with Crippen LogP contribution in [0.15, 0.2) is 29.2 Å². The van der Waals surface area contributed by atoms with E-state index in [1.165, 1.54) is 6.07 Å². The first-order valence-corrected chi connectivity index (χ1v) is 11.9. The van der Waals surface area contributed by atoms with Crippen LogP contribution in [0.25, 0.3) is 0 Å². The summed E-state index contributed by atoms with van der Waals surface area (Å²) in [7, 11) is -3.51. The molecule has 0 radical (unpaired) electrons. The average molecular weight is 491 g/mol. The summed E-state index contributed by atoms with van der Waals surface area (Å²) in [6.07, 6.45) is -4.96. The number of carbonyl (C=O) groups excluding carboxylic acids is 3. The summed E-state index contributed by atoms with van der Waals surface area (Å²) in [6, 6.07) is 2.44. The third-order valence-electron chi connectivity index (χ3n) is 6.00. The Morgan fingerprint density at radius 3 is 2.39 bits per heavy atom. The van der Waals surface area contributed by atoms with Crippen molar-refractivity contribution in [2.45, 2.75) is 48.0 Å². The predicted molar refractivity (Wildman–Crippen MR) is 108 cm³/mol. The van der Waals surface area contributed by atoms with Crippen LogP contribution in [0.5, 0.6) is 0 Å². The molecule has 0 aliphatic carbocycles. The summed E-state index contributed by atoms with van der Waals surface area (Å²) in [5, 5.41) is -1.47. The average Bonchev–Trinajstić information content (AvgIpc) is 3.25. The molecule has 0 saturated carbocycles. The van der Waals surface area contributed by atoms with Gasteiger partial charge >= 0.3 is 12.1 Å². The number of benzene rings is 1. The van der Waals surface area contributed by atoms with Gasteiger partial charge in [-0.25, -0.2) is 13.2 Å². The van der Waals surface area contributed by atoms with E-state index >= 15 is 0 Å². The summed E-state index contributed by atoms with van der Waals surface area (Å²) in [6.45, 7) is 0.254. The Labute approximate surface area is 188 Å². The number of rotatable bonds is 6. The molecule has 12 heteroatoms. The van der Waals surface area contributed by atoms with Gasteiger partial charge in [-0.1, -0.05) is 12.1 Å². The van der Waals surface area contributed by atoms with Crippen molar-refractivity contribution in [2.75, 3.05) is 26.9 Å². The van der Waals surface area contributed by atoms with Crippen molar-refractivity contribution in [1.82, 2.24) is 4.90 Å². The Hall–Kier alpha value is -2.47. The van der Waals surface area contributed by atoms with Crippen LogP contribution in [0.4, 0.5) is 13.2 Å². The van der Waals surface area contributed by atoms with Crippen LogP contribution in [-0.2, 0) is 39.9 Å². The minimum absolute atomic E-state index is 0.347. The van der Waals surface area contributed by atoms with E-state index in [9.17, 15) is 36.0 Å². The number of hydrogen-bond acceptors (Lipinski definition) is 7. The summed E-state index contributed by atoms with van der Waals surface area (Å²) < 4.78 is 76.3. The number of Topliss-reactive ketones (excluding diaryl/α,β-unsaturated/α-hetero) is 1. The van der Waals surface area contributed by atoms with Crippen LogP contribution in [0.3, 0.4) is 0 Å². The molecule has 2 atom stereocenters. The molecule has 1 aromatic rings. The monoisotopic (exact) mass is 491 g/mol. The lowest BCUT2D eigenvalue weighted by Gasteiger charge is -2.24. The summed E-state index contributed by atoms with van der Waals surface area (Å²) in [4.78, 5) is 37.6. The summed E-state index contributed by atoms with van der Waals surface area (Å²) >= 11 is 0. The number of sulfone groups is 1. The maximum absolute atomic E-state index is 13.4. The van der Waals surface area contributed by atoms with E-state index < -0.39 is 69.0 Å². The van der Waals surface area contributed by atoms with Crippen LogP contribution in [0.1, 0.15) is 31.2 Å². The Balaban J connectivity index is 1.85. The Morgan fingerprint density at radius 2 is 1.79 bits per heavy atom. The zero-order valence-corrected chi connectivity index (χ0v) is 18.7. The quantitative estimate of drug-likeness (QED) is 0.443. The molecule has 3 rings (SSSR count). The highest BCUT2D eigenvalue weighted by Crippen LogP contribution is 2.37. The van der Waals surface area contributed by atoms with Crippen molar-refractivity contribution >= 4 is 27.5 Å². The van der Waals surface area contributed by atoms with Crippen LogP contribution >= 0.6 is 0 Å². The van der Waals surface area contributed by atoms with E-state index in [2.05, 4.69) is 4.74 Å². The van der Waals surface area contributed by atoms with Crippen LogP contribution in [-0.4, -0.2) is 69.1 Å². The number of hydrogen-bond donors (Lipinski definition) is 0. The molecule has 2 heterocycles. The van der Waals surface area contributed by atoms with Crippen molar-refractivity contribution in [2.24, 2.45) is 5.92 Å². The number of ether oxygens (including phenoxy) is 2. The van der Waals surface area contributed by atoms with Gasteiger partial charge in [0.2, 0.25) is 5.91 Å². The summed E-state index contributed by atoms with van der Waals surface area (Å²) in [5.74, 6) is -2.38. The molecule has 0 N–H and O–H groups in total. The molecule has 1 aromatic carbocycles. The van der Waals surface area contributed by atoms with Crippen molar-refractivity contribution < 1.29 is 45.4 Å². The number of likely N-dealkylation sites (tertiary alicyclic amines) is 1. The molecule has 0 aromatic heterocycles. The van der Waals surface area contributed by atoms with E-state index in [0.29, 0.717) is 32.1 Å². The van der Waals surface area contributed by atoms with E-state index in [1.807, 2.05) is 0 Å². The number of carbonyl (C=O) groups is 3. The number of alkyl halides is 3. The number of nitrogens with zero attached hydrogens (tertiary/aromatic N) is 1. The van der Waals surface area contributed by atoms with Gasteiger partial charge < -0.3 is 14.4 Å². The third kappa shape index (κ3) is 5.37. The highest BCUT2D eigenvalue weighted by atomic mass is 32.2. The molecule has 2 fully saturated rings. The SMILES string of the molecule is COC(=O)[C@@H]1C[C@@H](S(=O)(=O)c2ccccc2C(F)(F)F)CN1C(=O)CC(=O)C1CCOCC1.